The smallest absolute Gasteiger partial charge is 0.292 e. The van der Waals surface area contributed by atoms with Crippen molar-refractivity contribution >= 4 is 23.0 Å². The number of amides is 1. The molecule has 0 fully saturated rings. The Kier molecular flexibility index (Phi) is 4.93. The van der Waals surface area contributed by atoms with Gasteiger partial charge in [-0.25, -0.2) is 0 Å². The molecule has 8 nitrogen and oxygen atoms in total. The first-order valence-corrected chi connectivity index (χ1v) is 7.81. The summed E-state index contributed by atoms with van der Waals surface area (Å²) >= 11 is 0. The van der Waals surface area contributed by atoms with Crippen LogP contribution >= 0.6 is 0 Å². The zero-order valence-electron chi connectivity index (χ0n) is 14.2. The summed E-state index contributed by atoms with van der Waals surface area (Å²) < 4.78 is 5.13. The third kappa shape index (κ3) is 3.86. The van der Waals surface area contributed by atoms with Crippen molar-refractivity contribution < 1.29 is 9.53 Å². The van der Waals surface area contributed by atoms with Crippen molar-refractivity contribution in [1.29, 1.82) is 0 Å². The minimum atomic E-state index is -0.366. The maximum Gasteiger partial charge on any atom is 0.292 e. The lowest BCUT2D eigenvalue weighted by atomic mass is 10.1. The van der Waals surface area contributed by atoms with Crippen molar-refractivity contribution in [2.45, 2.75) is 6.92 Å². The second kappa shape index (κ2) is 7.47. The van der Waals surface area contributed by atoms with E-state index in [1.807, 2.05) is 12.1 Å². The lowest BCUT2D eigenvalue weighted by molar-refractivity contribution is -0.114. The fraction of sp³-hybridized carbons (Fsp3) is 0.111. The highest BCUT2D eigenvalue weighted by Gasteiger charge is 2.11. The van der Waals surface area contributed by atoms with Gasteiger partial charge in [0.2, 0.25) is 5.91 Å². The molecular formula is C18H17N5O3. The fourth-order valence-electron chi connectivity index (χ4n) is 2.34. The summed E-state index contributed by atoms with van der Waals surface area (Å²) in [5.74, 6) is 0.566. The van der Waals surface area contributed by atoms with E-state index in [9.17, 15) is 9.59 Å². The van der Waals surface area contributed by atoms with Crippen LogP contribution in [0.1, 0.15) is 6.92 Å². The minimum Gasteiger partial charge on any atom is -0.497 e. The molecule has 0 saturated heterocycles. The highest BCUT2D eigenvalue weighted by Crippen LogP contribution is 2.28. The van der Waals surface area contributed by atoms with Crippen LogP contribution < -0.4 is 15.6 Å². The number of hydrogen-bond acceptors (Lipinski definition) is 5. The molecule has 1 amide bonds. The zero-order chi connectivity index (χ0) is 18.5. The molecule has 1 heterocycles. The summed E-state index contributed by atoms with van der Waals surface area (Å²) in [5, 5.41) is 16.2. The number of nitrogens with one attached hydrogen (secondary N) is 3. The first kappa shape index (κ1) is 17.2. The zero-order valence-corrected chi connectivity index (χ0v) is 14.2. The molecule has 0 radical (unpaired) electrons. The summed E-state index contributed by atoms with van der Waals surface area (Å²) in [4.78, 5) is 23.0. The summed E-state index contributed by atoms with van der Waals surface area (Å²) in [6, 6.07) is 14.0. The van der Waals surface area contributed by atoms with Crippen LogP contribution in [0.5, 0.6) is 5.75 Å². The molecule has 0 spiro atoms. The predicted molar refractivity (Wildman–Crippen MR) is 98.3 cm³/mol. The topological polar surface area (TPSA) is 112 Å². The number of azo groups is 1. The van der Waals surface area contributed by atoms with E-state index < -0.39 is 0 Å². The molecule has 0 bridgehead atoms. The third-order valence-electron chi connectivity index (χ3n) is 3.58. The van der Waals surface area contributed by atoms with Gasteiger partial charge in [0.25, 0.3) is 5.56 Å². The number of aromatic nitrogens is 2. The standard InChI is InChI=1S/C18H17N5O3/c1-11(24)19-13-5-7-14(8-6-13)20-22-17-16(21-23-18(17)25)12-3-9-15(26-2)10-4-12/h3-10H,1-2H3,(H,19,24)(H2,21,23,25). The van der Waals surface area contributed by atoms with Crippen molar-refractivity contribution in [1.82, 2.24) is 10.2 Å². The Balaban J connectivity index is 1.85. The maximum atomic E-state index is 12.0. The first-order chi connectivity index (χ1) is 12.6. The van der Waals surface area contributed by atoms with Gasteiger partial charge in [-0.1, -0.05) is 0 Å². The number of carbonyl (C=O) groups is 1. The van der Waals surface area contributed by atoms with E-state index in [4.69, 9.17) is 4.74 Å². The molecule has 3 rings (SSSR count). The van der Waals surface area contributed by atoms with Gasteiger partial charge in [-0.05, 0) is 48.5 Å². The Morgan fingerprint density at radius 1 is 1.00 bits per heavy atom. The number of anilines is 1. The average Bonchev–Trinajstić information content (AvgIpc) is 3.01. The average molecular weight is 351 g/mol. The van der Waals surface area contributed by atoms with E-state index in [0.29, 0.717) is 22.8 Å². The highest BCUT2D eigenvalue weighted by molar-refractivity contribution is 5.88. The summed E-state index contributed by atoms with van der Waals surface area (Å²) in [7, 11) is 1.59. The van der Waals surface area contributed by atoms with Crippen molar-refractivity contribution in [3.8, 4) is 17.0 Å². The molecule has 8 heteroatoms. The molecule has 0 aliphatic heterocycles. The highest BCUT2D eigenvalue weighted by atomic mass is 16.5. The van der Waals surface area contributed by atoms with Crippen LogP contribution in [0.15, 0.2) is 63.6 Å². The van der Waals surface area contributed by atoms with Gasteiger partial charge in [-0.15, -0.1) is 5.11 Å². The molecule has 0 aliphatic carbocycles. The maximum absolute atomic E-state index is 12.0. The van der Waals surface area contributed by atoms with Crippen molar-refractivity contribution in [2.24, 2.45) is 10.2 Å². The second-order valence-corrected chi connectivity index (χ2v) is 5.46. The van der Waals surface area contributed by atoms with Gasteiger partial charge in [0.1, 0.15) is 5.75 Å². The van der Waals surface area contributed by atoms with E-state index in [-0.39, 0.29) is 17.2 Å². The monoisotopic (exact) mass is 351 g/mol. The lowest BCUT2D eigenvalue weighted by Crippen LogP contribution is -2.04. The SMILES string of the molecule is COc1ccc(-c2[nH][nH]c(=O)c2N=Nc2ccc(NC(C)=O)cc2)cc1. The van der Waals surface area contributed by atoms with Gasteiger partial charge in [0, 0.05) is 18.2 Å². The number of ether oxygens (including phenoxy) is 1. The number of aromatic amines is 2. The van der Waals surface area contributed by atoms with Gasteiger partial charge >= 0.3 is 0 Å². The van der Waals surface area contributed by atoms with Crippen LogP contribution in [-0.4, -0.2) is 23.2 Å². The predicted octanol–water partition coefficient (Wildman–Crippen LogP) is 3.75. The molecule has 2 aromatic carbocycles. The van der Waals surface area contributed by atoms with Crippen LogP contribution in [0.4, 0.5) is 17.1 Å². The fourth-order valence-corrected chi connectivity index (χ4v) is 2.34. The van der Waals surface area contributed by atoms with Gasteiger partial charge < -0.3 is 10.1 Å². The number of carbonyl (C=O) groups excluding carboxylic acids is 1. The summed E-state index contributed by atoms with van der Waals surface area (Å²) in [6.07, 6.45) is 0. The molecule has 132 valence electrons. The Bertz CT molecular complexity index is 985. The van der Waals surface area contributed by atoms with Crippen LogP contribution in [0.3, 0.4) is 0 Å². The molecule has 0 saturated carbocycles. The Hall–Kier alpha value is -3.68. The number of hydrogen-bond donors (Lipinski definition) is 3. The molecule has 0 aliphatic rings. The first-order valence-electron chi connectivity index (χ1n) is 7.81. The molecule has 0 atom stereocenters. The molecule has 1 aromatic heterocycles. The molecule has 3 N–H and O–H groups in total. The Labute approximate surface area is 148 Å². The van der Waals surface area contributed by atoms with E-state index in [1.165, 1.54) is 6.92 Å². The van der Waals surface area contributed by atoms with Crippen molar-refractivity contribution in [3.63, 3.8) is 0 Å². The molecule has 3 aromatic rings. The van der Waals surface area contributed by atoms with E-state index >= 15 is 0 Å². The quantitative estimate of drug-likeness (QED) is 0.608. The molecule has 0 unspecified atom stereocenters. The van der Waals surface area contributed by atoms with Crippen LogP contribution in [0, 0.1) is 0 Å². The lowest BCUT2D eigenvalue weighted by Gasteiger charge is -2.02. The summed E-state index contributed by atoms with van der Waals surface area (Å²) in [5.41, 5.74) is 2.35. The van der Waals surface area contributed by atoms with E-state index in [2.05, 4.69) is 25.7 Å². The number of methoxy groups -OCH3 is 1. The van der Waals surface area contributed by atoms with Gasteiger partial charge in [0.15, 0.2) is 5.69 Å². The number of nitrogens with zero attached hydrogens (tertiary/aromatic N) is 2. The van der Waals surface area contributed by atoms with E-state index in [0.717, 1.165) is 5.56 Å². The van der Waals surface area contributed by atoms with Crippen LogP contribution in [0.25, 0.3) is 11.3 Å². The second-order valence-electron chi connectivity index (χ2n) is 5.46. The Morgan fingerprint density at radius 3 is 2.31 bits per heavy atom. The number of benzene rings is 2. The van der Waals surface area contributed by atoms with Crippen LogP contribution in [0.2, 0.25) is 0 Å². The number of H-pyrrole nitrogens is 2. The van der Waals surface area contributed by atoms with Gasteiger partial charge in [-0.3, -0.25) is 19.8 Å². The summed E-state index contributed by atoms with van der Waals surface area (Å²) in [6.45, 7) is 1.44. The van der Waals surface area contributed by atoms with Gasteiger partial charge in [-0.2, -0.15) is 5.11 Å². The number of rotatable bonds is 5. The molecule has 26 heavy (non-hydrogen) atoms. The molecular weight excluding hydrogens is 334 g/mol. The van der Waals surface area contributed by atoms with Gasteiger partial charge in [0.05, 0.1) is 18.5 Å². The van der Waals surface area contributed by atoms with E-state index in [1.54, 1.807) is 43.5 Å². The normalized spacial score (nSPS) is 10.8. The van der Waals surface area contributed by atoms with Crippen molar-refractivity contribution in [3.05, 3.63) is 58.9 Å². The van der Waals surface area contributed by atoms with Crippen LogP contribution in [-0.2, 0) is 4.79 Å². The van der Waals surface area contributed by atoms with Crippen molar-refractivity contribution in [2.75, 3.05) is 12.4 Å². The third-order valence-corrected chi connectivity index (χ3v) is 3.58. The minimum absolute atomic E-state index is 0.151. The largest absolute Gasteiger partial charge is 0.497 e. The Morgan fingerprint density at radius 2 is 1.69 bits per heavy atom.